The number of nitrogens with two attached hydrogens (primary N) is 1. The molecule has 1 amide bonds. The van der Waals surface area contributed by atoms with E-state index in [-0.39, 0.29) is 5.76 Å². The number of rotatable bonds is 5. The van der Waals surface area contributed by atoms with Gasteiger partial charge in [-0.1, -0.05) is 29.8 Å². The van der Waals surface area contributed by atoms with Crippen LogP contribution in [0.5, 0.6) is 11.5 Å². The van der Waals surface area contributed by atoms with Gasteiger partial charge in [-0.05, 0) is 42.8 Å². The normalized spacial score (nSPS) is 11.0. The van der Waals surface area contributed by atoms with Gasteiger partial charge in [-0.2, -0.15) is 0 Å². The van der Waals surface area contributed by atoms with E-state index in [1.807, 2.05) is 31.2 Å². The number of hydrazine groups is 1. The summed E-state index contributed by atoms with van der Waals surface area (Å²) in [7, 11) is 1.60. The van der Waals surface area contributed by atoms with E-state index >= 15 is 0 Å². The van der Waals surface area contributed by atoms with Gasteiger partial charge in [0.05, 0.1) is 7.11 Å². The van der Waals surface area contributed by atoms with Crippen molar-refractivity contribution in [2.24, 2.45) is 5.84 Å². The number of aryl methyl sites for hydroxylation is 1. The molecule has 0 radical (unpaired) electrons. The van der Waals surface area contributed by atoms with E-state index in [2.05, 4.69) is 5.43 Å². The third-order valence-corrected chi connectivity index (χ3v) is 3.02. The average Bonchev–Trinajstić information content (AvgIpc) is 2.56. The first kappa shape index (κ1) is 15.6. The second kappa shape index (κ2) is 7.28. The zero-order valence-corrected chi connectivity index (χ0v) is 12.5. The van der Waals surface area contributed by atoms with Crippen LogP contribution >= 0.6 is 0 Å². The molecule has 22 heavy (non-hydrogen) atoms. The molecule has 0 aliphatic carbocycles. The van der Waals surface area contributed by atoms with Crippen molar-refractivity contribution in [1.29, 1.82) is 0 Å². The lowest BCUT2D eigenvalue weighted by molar-refractivity contribution is -0.119. The molecule has 0 bridgehead atoms. The van der Waals surface area contributed by atoms with Crippen molar-refractivity contribution in [3.05, 3.63) is 65.4 Å². The summed E-state index contributed by atoms with van der Waals surface area (Å²) >= 11 is 0. The van der Waals surface area contributed by atoms with Crippen LogP contribution in [-0.4, -0.2) is 13.0 Å². The molecule has 2 rings (SSSR count). The van der Waals surface area contributed by atoms with Gasteiger partial charge in [0.15, 0.2) is 5.76 Å². The number of carbonyl (C=O) groups excluding carboxylic acids is 1. The molecule has 2 aromatic rings. The lowest BCUT2D eigenvalue weighted by Crippen LogP contribution is -2.33. The topological polar surface area (TPSA) is 73.6 Å². The highest BCUT2D eigenvalue weighted by Crippen LogP contribution is 2.18. The predicted molar refractivity (Wildman–Crippen MR) is 85.1 cm³/mol. The summed E-state index contributed by atoms with van der Waals surface area (Å²) in [6.45, 7) is 1.98. The van der Waals surface area contributed by atoms with Crippen LogP contribution in [0.15, 0.2) is 54.3 Å². The first-order valence-corrected chi connectivity index (χ1v) is 6.73. The number of nitrogens with one attached hydrogen (secondary N) is 1. The smallest absolute Gasteiger partial charge is 0.300 e. The van der Waals surface area contributed by atoms with Crippen LogP contribution in [-0.2, 0) is 4.79 Å². The molecule has 0 saturated heterocycles. The number of amides is 1. The van der Waals surface area contributed by atoms with Gasteiger partial charge in [0.1, 0.15) is 11.5 Å². The maximum Gasteiger partial charge on any atom is 0.300 e. The van der Waals surface area contributed by atoms with Crippen molar-refractivity contribution in [2.45, 2.75) is 6.92 Å². The number of hydrogen-bond donors (Lipinski definition) is 2. The van der Waals surface area contributed by atoms with Crippen LogP contribution in [0.2, 0.25) is 0 Å². The van der Waals surface area contributed by atoms with Gasteiger partial charge in [-0.15, -0.1) is 0 Å². The fourth-order valence-electron chi connectivity index (χ4n) is 1.80. The monoisotopic (exact) mass is 298 g/mol. The Kier molecular flexibility index (Phi) is 5.16. The van der Waals surface area contributed by atoms with E-state index in [0.717, 1.165) is 16.9 Å². The average molecular weight is 298 g/mol. The number of ether oxygens (including phenoxy) is 2. The highest BCUT2D eigenvalue weighted by atomic mass is 16.5. The molecule has 5 heteroatoms. The van der Waals surface area contributed by atoms with Gasteiger partial charge >= 0.3 is 5.91 Å². The van der Waals surface area contributed by atoms with Crippen LogP contribution in [0.1, 0.15) is 11.1 Å². The van der Waals surface area contributed by atoms with E-state index in [1.165, 1.54) is 0 Å². The maximum atomic E-state index is 11.9. The van der Waals surface area contributed by atoms with E-state index in [4.69, 9.17) is 15.3 Å². The van der Waals surface area contributed by atoms with Gasteiger partial charge in [0, 0.05) is 0 Å². The molecule has 2 aromatic carbocycles. The molecule has 0 aromatic heterocycles. The number of methoxy groups -OCH3 is 1. The summed E-state index contributed by atoms with van der Waals surface area (Å²) in [6.07, 6.45) is 1.61. The first-order valence-electron chi connectivity index (χ1n) is 6.73. The Labute approximate surface area is 129 Å². The Hall–Kier alpha value is -2.79. The minimum Gasteiger partial charge on any atom is -0.497 e. The molecule has 114 valence electrons. The van der Waals surface area contributed by atoms with Crippen LogP contribution in [0.4, 0.5) is 0 Å². The lowest BCUT2D eigenvalue weighted by Gasteiger charge is -2.09. The summed E-state index contributed by atoms with van der Waals surface area (Å²) in [6, 6.07) is 14.6. The van der Waals surface area contributed by atoms with E-state index < -0.39 is 5.91 Å². The molecule has 0 atom stereocenters. The minimum absolute atomic E-state index is 0.108. The van der Waals surface area contributed by atoms with Crippen LogP contribution < -0.4 is 20.7 Å². The van der Waals surface area contributed by atoms with E-state index in [9.17, 15) is 4.79 Å². The first-order chi connectivity index (χ1) is 10.6. The van der Waals surface area contributed by atoms with Crippen molar-refractivity contribution >= 4 is 12.0 Å². The van der Waals surface area contributed by atoms with Crippen molar-refractivity contribution in [2.75, 3.05) is 7.11 Å². The Morgan fingerprint density at radius 2 is 1.64 bits per heavy atom. The van der Waals surface area contributed by atoms with Crippen molar-refractivity contribution in [3.8, 4) is 11.5 Å². The molecule has 0 fully saturated rings. The van der Waals surface area contributed by atoms with Crippen LogP contribution in [0, 0.1) is 6.92 Å². The molecule has 0 unspecified atom stereocenters. The fraction of sp³-hybridized carbons (Fsp3) is 0.118. The molecular formula is C17H18N2O3. The fourth-order valence-corrected chi connectivity index (χ4v) is 1.80. The van der Waals surface area contributed by atoms with E-state index in [0.29, 0.717) is 5.75 Å². The minimum atomic E-state index is -0.503. The molecule has 5 nitrogen and oxygen atoms in total. The maximum absolute atomic E-state index is 11.9. The second-order valence-corrected chi connectivity index (χ2v) is 4.67. The summed E-state index contributed by atoms with van der Waals surface area (Å²) in [5, 5.41) is 0. The van der Waals surface area contributed by atoms with Crippen molar-refractivity contribution in [1.82, 2.24) is 5.43 Å². The third kappa shape index (κ3) is 4.10. The van der Waals surface area contributed by atoms with Gasteiger partial charge in [-0.3, -0.25) is 10.2 Å². The summed E-state index contributed by atoms with van der Waals surface area (Å²) in [5.74, 6) is 6.12. The highest BCUT2D eigenvalue weighted by Gasteiger charge is 2.11. The van der Waals surface area contributed by atoms with Crippen LogP contribution in [0.3, 0.4) is 0 Å². The summed E-state index contributed by atoms with van der Waals surface area (Å²) < 4.78 is 10.7. The van der Waals surface area contributed by atoms with Crippen molar-refractivity contribution < 1.29 is 14.3 Å². The molecule has 0 heterocycles. The van der Waals surface area contributed by atoms with Crippen molar-refractivity contribution in [3.63, 3.8) is 0 Å². The second-order valence-electron chi connectivity index (χ2n) is 4.67. The summed E-state index contributed by atoms with van der Waals surface area (Å²) in [5.41, 5.74) is 3.99. The Balaban J connectivity index is 2.26. The molecular weight excluding hydrogens is 280 g/mol. The largest absolute Gasteiger partial charge is 0.497 e. The molecule has 0 aliphatic rings. The zero-order chi connectivity index (χ0) is 15.9. The summed E-state index contributed by atoms with van der Waals surface area (Å²) in [4.78, 5) is 11.9. The highest BCUT2D eigenvalue weighted by molar-refractivity contribution is 5.95. The SMILES string of the molecule is COc1ccc(/C=C(\Oc2ccc(C)cc2)C(=O)NN)cc1. The number of benzene rings is 2. The van der Waals surface area contributed by atoms with Gasteiger partial charge in [0.25, 0.3) is 0 Å². The number of hydrogen-bond acceptors (Lipinski definition) is 4. The van der Waals surface area contributed by atoms with Gasteiger partial charge in [-0.25, -0.2) is 5.84 Å². The Bertz CT molecular complexity index is 661. The van der Waals surface area contributed by atoms with Gasteiger partial charge < -0.3 is 9.47 Å². The quantitative estimate of drug-likeness (QED) is 0.292. The third-order valence-electron chi connectivity index (χ3n) is 3.02. The van der Waals surface area contributed by atoms with E-state index in [1.54, 1.807) is 37.5 Å². The molecule has 0 spiro atoms. The molecule has 0 saturated carbocycles. The lowest BCUT2D eigenvalue weighted by atomic mass is 10.2. The molecule has 0 aliphatic heterocycles. The van der Waals surface area contributed by atoms with Gasteiger partial charge in [0.2, 0.25) is 0 Å². The predicted octanol–water partition coefficient (Wildman–Crippen LogP) is 2.41. The molecule has 3 N–H and O–H groups in total. The number of carbonyl (C=O) groups is 1. The van der Waals surface area contributed by atoms with Crippen LogP contribution in [0.25, 0.3) is 6.08 Å². The standard InChI is InChI=1S/C17H18N2O3/c1-12-3-7-15(8-4-12)22-16(17(20)19-18)11-13-5-9-14(21-2)10-6-13/h3-11H,18H2,1-2H3,(H,19,20)/b16-11-. The Morgan fingerprint density at radius 1 is 1.05 bits per heavy atom. The Morgan fingerprint density at radius 3 is 2.18 bits per heavy atom. The zero-order valence-electron chi connectivity index (χ0n) is 12.5.